The zero-order valence-corrected chi connectivity index (χ0v) is 12.8. The Kier molecular flexibility index (Phi) is 3.67. The first-order valence-electron chi connectivity index (χ1n) is 6.78. The summed E-state index contributed by atoms with van der Waals surface area (Å²) in [7, 11) is -2.64. The Morgan fingerprint density at radius 2 is 2.13 bits per heavy atom. The second kappa shape index (κ2) is 5.41. The number of halogens is 2. The van der Waals surface area contributed by atoms with Crippen molar-refractivity contribution in [2.75, 3.05) is 0 Å². The molecule has 9 heteroatoms. The molecule has 0 radical (unpaired) electrons. The van der Waals surface area contributed by atoms with Gasteiger partial charge in [0, 0.05) is 25.2 Å². The lowest BCUT2D eigenvalue weighted by molar-refractivity contribution is -0.120. The number of rotatable bonds is 4. The Bertz CT molecular complexity index is 879. The van der Waals surface area contributed by atoms with Crippen LogP contribution < -0.4 is 4.72 Å². The number of hydrogen-bond donors (Lipinski definition) is 1. The molecule has 6 nitrogen and oxygen atoms in total. The van der Waals surface area contributed by atoms with Crippen molar-refractivity contribution >= 4 is 15.9 Å². The summed E-state index contributed by atoms with van der Waals surface area (Å²) in [5.41, 5.74) is 0.845. The summed E-state index contributed by atoms with van der Waals surface area (Å²) < 4.78 is 53.9. The van der Waals surface area contributed by atoms with Crippen LogP contribution in [0.4, 0.5) is 8.78 Å². The van der Waals surface area contributed by atoms with E-state index in [2.05, 4.69) is 5.10 Å². The molecule has 1 aromatic heterocycles. The highest BCUT2D eigenvalue weighted by Crippen LogP contribution is 2.47. The number of aromatic nitrogens is 2. The third kappa shape index (κ3) is 3.09. The molecule has 23 heavy (non-hydrogen) atoms. The molecule has 1 aliphatic carbocycles. The van der Waals surface area contributed by atoms with E-state index in [1.807, 2.05) is 4.72 Å². The number of sulfonamides is 1. The van der Waals surface area contributed by atoms with E-state index >= 15 is 0 Å². The van der Waals surface area contributed by atoms with Crippen molar-refractivity contribution in [2.24, 2.45) is 13.0 Å². The van der Waals surface area contributed by atoms with Crippen LogP contribution in [0.2, 0.25) is 0 Å². The van der Waals surface area contributed by atoms with Crippen LogP contribution in [0.15, 0.2) is 35.5 Å². The van der Waals surface area contributed by atoms with Gasteiger partial charge >= 0.3 is 0 Å². The van der Waals surface area contributed by atoms with E-state index in [-0.39, 0.29) is 5.92 Å². The second-order valence-corrected chi connectivity index (χ2v) is 7.09. The highest BCUT2D eigenvalue weighted by Gasteiger charge is 2.46. The summed E-state index contributed by atoms with van der Waals surface area (Å²) in [6.45, 7) is 0. The molecule has 0 saturated heterocycles. The molecule has 1 aromatic carbocycles. The molecule has 1 saturated carbocycles. The Hall–Kier alpha value is -2.29. The first kappa shape index (κ1) is 15.6. The van der Waals surface area contributed by atoms with Crippen LogP contribution in [0, 0.1) is 17.6 Å². The van der Waals surface area contributed by atoms with Gasteiger partial charge in [0.05, 0.1) is 6.20 Å². The maximum absolute atomic E-state index is 13.6. The summed E-state index contributed by atoms with van der Waals surface area (Å²) in [6.07, 6.45) is 3.87. The van der Waals surface area contributed by atoms with Crippen LogP contribution in [0.5, 0.6) is 0 Å². The fourth-order valence-electron chi connectivity index (χ4n) is 2.44. The van der Waals surface area contributed by atoms with Crippen molar-refractivity contribution in [3.63, 3.8) is 0 Å². The summed E-state index contributed by atoms with van der Waals surface area (Å²) in [5, 5.41) is 4.00. The minimum absolute atomic E-state index is 0.100. The van der Waals surface area contributed by atoms with E-state index in [0.29, 0.717) is 12.5 Å². The molecule has 0 unspecified atom stereocenters. The molecule has 1 heterocycles. The number of aryl methyl sites for hydroxylation is 1. The van der Waals surface area contributed by atoms with Crippen LogP contribution in [-0.4, -0.2) is 24.1 Å². The quantitative estimate of drug-likeness (QED) is 0.909. The lowest BCUT2D eigenvalue weighted by atomic mass is 10.2. The molecule has 2 atom stereocenters. The fourth-order valence-corrected chi connectivity index (χ4v) is 3.53. The van der Waals surface area contributed by atoms with Crippen molar-refractivity contribution in [1.29, 1.82) is 0 Å². The van der Waals surface area contributed by atoms with Crippen LogP contribution in [0.1, 0.15) is 17.9 Å². The van der Waals surface area contributed by atoms with Gasteiger partial charge in [-0.1, -0.05) is 0 Å². The summed E-state index contributed by atoms with van der Waals surface area (Å²) in [4.78, 5) is 11.3. The van der Waals surface area contributed by atoms with Crippen LogP contribution in [0.25, 0.3) is 0 Å². The first-order valence-corrected chi connectivity index (χ1v) is 8.26. The average molecular weight is 341 g/mol. The zero-order chi connectivity index (χ0) is 16.8. The minimum Gasteiger partial charge on any atom is -0.276 e. The molecule has 1 fully saturated rings. The lowest BCUT2D eigenvalue weighted by Gasteiger charge is -2.07. The first-order chi connectivity index (χ1) is 10.8. The summed E-state index contributed by atoms with van der Waals surface area (Å²) in [6, 6.07) is 2.05. The molecule has 1 aliphatic rings. The van der Waals surface area contributed by atoms with Gasteiger partial charge in [-0.15, -0.1) is 0 Å². The van der Waals surface area contributed by atoms with E-state index in [9.17, 15) is 22.0 Å². The summed E-state index contributed by atoms with van der Waals surface area (Å²) >= 11 is 0. The van der Waals surface area contributed by atoms with Crippen molar-refractivity contribution in [3.8, 4) is 0 Å². The molecule has 2 aromatic rings. The highest BCUT2D eigenvalue weighted by atomic mass is 32.2. The van der Waals surface area contributed by atoms with Gasteiger partial charge in [-0.25, -0.2) is 21.9 Å². The Morgan fingerprint density at radius 3 is 2.74 bits per heavy atom. The number of hydrogen-bond acceptors (Lipinski definition) is 4. The van der Waals surface area contributed by atoms with E-state index < -0.39 is 38.4 Å². The Labute approximate surface area is 131 Å². The van der Waals surface area contributed by atoms with Crippen LogP contribution in [0.3, 0.4) is 0 Å². The van der Waals surface area contributed by atoms with Gasteiger partial charge in [0.15, 0.2) is 0 Å². The number of carbonyl (C=O) groups excluding carboxylic acids is 1. The number of nitrogens with one attached hydrogen (secondary N) is 1. The van der Waals surface area contributed by atoms with Crippen LogP contribution in [-0.2, 0) is 21.9 Å². The third-order valence-electron chi connectivity index (χ3n) is 3.70. The SMILES string of the molecule is Cn1cc([C@H]2C[C@@H]2C(=O)NS(=O)(=O)c2ccc(F)cc2F)cn1. The van der Waals surface area contributed by atoms with Gasteiger partial charge in [-0.3, -0.25) is 9.48 Å². The number of carbonyl (C=O) groups is 1. The topological polar surface area (TPSA) is 81.1 Å². The van der Waals surface area contributed by atoms with Crippen molar-refractivity contribution in [3.05, 3.63) is 47.8 Å². The number of benzene rings is 1. The number of amides is 1. The van der Waals surface area contributed by atoms with Crippen molar-refractivity contribution in [1.82, 2.24) is 14.5 Å². The molecular formula is C14H13F2N3O3S. The molecule has 1 N–H and O–H groups in total. The van der Waals surface area contributed by atoms with Gasteiger partial charge in [0.2, 0.25) is 5.91 Å². The zero-order valence-electron chi connectivity index (χ0n) is 12.0. The standard InChI is InChI=1S/C14H13F2N3O3S/c1-19-7-8(6-17-19)10-5-11(10)14(20)18-23(21,22)13-3-2-9(15)4-12(13)16/h2-4,6-7,10-11H,5H2,1H3,(H,18,20)/t10-,11+/m1/s1. The minimum atomic E-state index is -4.37. The predicted molar refractivity (Wildman–Crippen MR) is 75.7 cm³/mol. The Morgan fingerprint density at radius 1 is 1.39 bits per heavy atom. The van der Waals surface area contributed by atoms with Crippen LogP contribution >= 0.6 is 0 Å². The lowest BCUT2D eigenvalue weighted by Crippen LogP contribution is -2.32. The van der Waals surface area contributed by atoms with Gasteiger partial charge < -0.3 is 0 Å². The summed E-state index contributed by atoms with van der Waals surface area (Å²) in [5.74, 6) is -3.45. The highest BCUT2D eigenvalue weighted by molar-refractivity contribution is 7.90. The molecule has 122 valence electrons. The van der Waals surface area contributed by atoms with Gasteiger partial charge in [0.25, 0.3) is 10.0 Å². The maximum Gasteiger partial charge on any atom is 0.266 e. The van der Waals surface area contributed by atoms with E-state index in [4.69, 9.17) is 0 Å². The molecule has 3 rings (SSSR count). The van der Waals surface area contributed by atoms with Gasteiger partial charge in [0.1, 0.15) is 16.5 Å². The maximum atomic E-state index is 13.6. The Balaban J connectivity index is 1.73. The van der Waals surface area contributed by atoms with E-state index in [1.165, 1.54) is 0 Å². The molecule has 0 aliphatic heterocycles. The van der Waals surface area contributed by atoms with Gasteiger partial charge in [-0.2, -0.15) is 5.10 Å². The van der Waals surface area contributed by atoms with E-state index in [0.717, 1.165) is 17.7 Å². The van der Waals surface area contributed by atoms with Crippen molar-refractivity contribution < 1.29 is 22.0 Å². The smallest absolute Gasteiger partial charge is 0.266 e. The largest absolute Gasteiger partial charge is 0.276 e. The van der Waals surface area contributed by atoms with Gasteiger partial charge in [-0.05, 0) is 30.0 Å². The normalized spacial score (nSPS) is 20.3. The fraction of sp³-hybridized carbons (Fsp3) is 0.286. The molecule has 0 bridgehead atoms. The van der Waals surface area contributed by atoms with Crippen molar-refractivity contribution in [2.45, 2.75) is 17.2 Å². The second-order valence-electron chi connectivity index (χ2n) is 5.44. The number of nitrogens with zero attached hydrogens (tertiary/aromatic N) is 2. The molecular weight excluding hydrogens is 328 g/mol. The molecule has 1 amide bonds. The predicted octanol–water partition coefficient (Wildman–Crippen LogP) is 1.31. The third-order valence-corrected chi connectivity index (χ3v) is 5.08. The monoisotopic (exact) mass is 341 g/mol. The average Bonchev–Trinajstić information content (AvgIpc) is 3.13. The van der Waals surface area contributed by atoms with E-state index in [1.54, 1.807) is 24.1 Å². The molecule has 0 spiro atoms.